The van der Waals surface area contributed by atoms with E-state index in [1.165, 1.54) is 13.1 Å². The summed E-state index contributed by atoms with van der Waals surface area (Å²) in [6.07, 6.45) is 1.25. The highest BCUT2D eigenvalue weighted by Gasteiger charge is 1.93. The molecule has 0 heterocycles. The standard InChI is InChI=1S/C9H9N2O2/c1-8(11(12)13)7-10-9-5-3-2-4-6-9/h2-7H,1H3/q-1/b8-7+. The minimum atomic E-state index is -0.466. The molecule has 0 amide bonds. The maximum atomic E-state index is 10.2. The first-order valence-corrected chi connectivity index (χ1v) is 3.77. The molecule has 0 N–H and O–H groups in total. The number of nitrogens with zero attached hydrogens (tertiary/aromatic N) is 2. The molecule has 13 heavy (non-hydrogen) atoms. The Morgan fingerprint density at radius 1 is 1.46 bits per heavy atom. The summed E-state index contributed by atoms with van der Waals surface area (Å²) in [5.74, 6) is 0. The lowest BCUT2D eigenvalue weighted by molar-refractivity contribution is -0.424. The van der Waals surface area contributed by atoms with Crippen LogP contribution in [0.2, 0.25) is 0 Å². The average Bonchev–Trinajstić information content (AvgIpc) is 2.15. The summed E-state index contributed by atoms with van der Waals surface area (Å²) in [5.41, 5.74) is 0.743. The van der Waals surface area contributed by atoms with Gasteiger partial charge in [-0.15, -0.1) is 5.69 Å². The number of benzene rings is 1. The molecule has 0 aliphatic heterocycles. The van der Waals surface area contributed by atoms with Gasteiger partial charge in [-0.25, -0.2) is 0 Å². The Hall–Kier alpha value is -1.84. The quantitative estimate of drug-likeness (QED) is 0.526. The van der Waals surface area contributed by atoms with Crippen molar-refractivity contribution in [2.75, 3.05) is 0 Å². The third-order valence-electron chi connectivity index (χ3n) is 1.44. The number of allylic oxidation sites excluding steroid dienone is 1. The molecule has 1 aromatic carbocycles. The summed E-state index contributed by atoms with van der Waals surface area (Å²) in [5, 5.41) is 14.1. The molecule has 0 bridgehead atoms. The highest BCUT2D eigenvalue weighted by Crippen LogP contribution is 2.17. The first-order valence-electron chi connectivity index (χ1n) is 3.77. The summed E-state index contributed by atoms with van der Waals surface area (Å²) in [7, 11) is 0. The maximum Gasteiger partial charge on any atom is 0.221 e. The molecule has 1 rings (SSSR count). The average molecular weight is 177 g/mol. The van der Waals surface area contributed by atoms with E-state index in [-0.39, 0.29) is 5.70 Å². The van der Waals surface area contributed by atoms with E-state index in [9.17, 15) is 10.1 Å². The van der Waals surface area contributed by atoms with Crippen LogP contribution in [0.25, 0.3) is 5.32 Å². The number of nitro groups is 1. The summed E-state index contributed by atoms with van der Waals surface area (Å²) in [6, 6.07) is 9.08. The summed E-state index contributed by atoms with van der Waals surface area (Å²) in [4.78, 5) is 9.73. The Kier molecular flexibility index (Phi) is 3.03. The molecule has 4 nitrogen and oxygen atoms in total. The number of hydrogen-bond donors (Lipinski definition) is 0. The van der Waals surface area contributed by atoms with Crippen molar-refractivity contribution in [1.29, 1.82) is 0 Å². The minimum Gasteiger partial charge on any atom is -0.659 e. The fourth-order valence-corrected chi connectivity index (χ4v) is 0.729. The van der Waals surface area contributed by atoms with Gasteiger partial charge in [-0.2, -0.15) is 0 Å². The molecule has 0 aromatic heterocycles. The highest BCUT2D eigenvalue weighted by molar-refractivity contribution is 5.50. The van der Waals surface area contributed by atoms with E-state index < -0.39 is 4.92 Å². The Morgan fingerprint density at radius 2 is 2.08 bits per heavy atom. The first-order chi connectivity index (χ1) is 6.20. The maximum absolute atomic E-state index is 10.2. The largest absolute Gasteiger partial charge is 0.659 e. The lowest BCUT2D eigenvalue weighted by Crippen LogP contribution is -1.92. The number of rotatable bonds is 3. The van der Waals surface area contributed by atoms with Crippen LogP contribution in [0.5, 0.6) is 0 Å². The Bertz CT molecular complexity index is 320. The fourth-order valence-electron chi connectivity index (χ4n) is 0.729. The molecule has 4 heteroatoms. The van der Waals surface area contributed by atoms with Crippen molar-refractivity contribution in [1.82, 2.24) is 0 Å². The summed E-state index contributed by atoms with van der Waals surface area (Å²) >= 11 is 0. The zero-order valence-corrected chi connectivity index (χ0v) is 7.18. The van der Waals surface area contributed by atoms with E-state index in [2.05, 4.69) is 5.32 Å². The molecule has 68 valence electrons. The monoisotopic (exact) mass is 177 g/mol. The van der Waals surface area contributed by atoms with Gasteiger partial charge in [-0.1, -0.05) is 36.5 Å². The smallest absolute Gasteiger partial charge is 0.221 e. The van der Waals surface area contributed by atoms with Crippen LogP contribution in [0.3, 0.4) is 0 Å². The topological polar surface area (TPSA) is 57.2 Å². The van der Waals surface area contributed by atoms with Crippen molar-refractivity contribution >= 4 is 5.69 Å². The Balaban J connectivity index is 2.62. The predicted octanol–water partition coefficient (Wildman–Crippen LogP) is 2.83. The van der Waals surface area contributed by atoms with Crippen LogP contribution in [-0.4, -0.2) is 4.92 Å². The van der Waals surface area contributed by atoms with Crippen LogP contribution in [0.15, 0.2) is 42.2 Å². The molecule has 0 atom stereocenters. The van der Waals surface area contributed by atoms with Gasteiger partial charge in [0.15, 0.2) is 0 Å². The van der Waals surface area contributed by atoms with Crippen molar-refractivity contribution in [2.45, 2.75) is 6.92 Å². The molecule has 0 aliphatic carbocycles. The van der Waals surface area contributed by atoms with Gasteiger partial charge in [-0.3, -0.25) is 10.1 Å². The van der Waals surface area contributed by atoms with Gasteiger partial charge >= 0.3 is 0 Å². The lowest BCUT2D eigenvalue weighted by atomic mass is 10.3. The van der Waals surface area contributed by atoms with Gasteiger partial charge in [0.25, 0.3) is 0 Å². The third-order valence-corrected chi connectivity index (χ3v) is 1.44. The van der Waals surface area contributed by atoms with Crippen molar-refractivity contribution in [3.8, 4) is 0 Å². The molecule has 1 aromatic rings. The molecule has 0 aliphatic rings. The molecular weight excluding hydrogens is 168 g/mol. The summed E-state index contributed by atoms with van der Waals surface area (Å²) < 4.78 is 0. The first kappa shape index (κ1) is 9.25. The molecule has 0 radical (unpaired) electrons. The molecule has 0 fully saturated rings. The van der Waals surface area contributed by atoms with Crippen LogP contribution >= 0.6 is 0 Å². The van der Waals surface area contributed by atoms with Crippen LogP contribution in [0.4, 0.5) is 5.69 Å². The van der Waals surface area contributed by atoms with Gasteiger partial charge in [-0.05, 0) is 0 Å². The second kappa shape index (κ2) is 4.25. The van der Waals surface area contributed by atoms with Crippen molar-refractivity contribution < 1.29 is 4.92 Å². The molecule has 0 spiro atoms. The van der Waals surface area contributed by atoms with E-state index in [0.717, 1.165) is 0 Å². The number of para-hydroxylation sites is 1. The van der Waals surface area contributed by atoms with Gasteiger partial charge in [0, 0.05) is 6.92 Å². The fraction of sp³-hybridized carbons (Fsp3) is 0.111. The van der Waals surface area contributed by atoms with E-state index in [1.807, 2.05) is 18.2 Å². The summed E-state index contributed by atoms with van der Waals surface area (Å²) in [6.45, 7) is 1.41. The third kappa shape index (κ3) is 2.94. The zero-order chi connectivity index (χ0) is 9.68. The van der Waals surface area contributed by atoms with Crippen LogP contribution < -0.4 is 0 Å². The van der Waals surface area contributed by atoms with Crippen molar-refractivity contribution in [2.24, 2.45) is 0 Å². The van der Waals surface area contributed by atoms with Gasteiger partial charge in [0.2, 0.25) is 5.70 Å². The molecule has 0 saturated carbocycles. The molecule has 0 unspecified atom stereocenters. The second-order valence-corrected chi connectivity index (χ2v) is 2.49. The molecular formula is C9H9N2O2-. The SMILES string of the molecule is C/C(=C\[N-]c1ccccc1)[N+](=O)[O-]. The van der Waals surface area contributed by atoms with E-state index in [0.29, 0.717) is 5.69 Å². The predicted molar refractivity (Wildman–Crippen MR) is 50.2 cm³/mol. The van der Waals surface area contributed by atoms with Gasteiger partial charge in [0.05, 0.1) is 4.92 Å². The van der Waals surface area contributed by atoms with E-state index >= 15 is 0 Å². The minimum absolute atomic E-state index is 0.0313. The van der Waals surface area contributed by atoms with Crippen molar-refractivity contribution in [3.63, 3.8) is 0 Å². The van der Waals surface area contributed by atoms with Gasteiger partial charge < -0.3 is 5.32 Å². The van der Waals surface area contributed by atoms with Crippen LogP contribution in [0.1, 0.15) is 6.92 Å². The second-order valence-electron chi connectivity index (χ2n) is 2.49. The Labute approximate surface area is 76.0 Å². The number of hydrogen-bond acceptors (Lipinski definition) is 2. The highest BCUT2D eigenvalue weighted by atomic mass is 16.6. The van der Waals surface area contributed by atoms with Crippen LogP contribution in [-0.2, 0) is 0 Å². The zero-order valence-electron chi connectivity index (χ0n) is 7.18. The van der Waals surface area contributed by atoms with E-state index in [4.69, 9.17) is 0 Å². The lowest BCUT2D eigenvalue weighted by Gasteiger charge is -2.14. The van der Waals surface area contributed by atoms with Crippen LogP contribution in [0, 0.1) is 10.1 Å². The van der Waals surface area contributed by atoms with Gasteiger partial charge in [0.1, 0.15) is 0 Å². The normalized spacial score (nSPS) is 11.0. The molecule has 0 saturated heterocycles. The van der Waals surface area contributed by atoms with E-state index in [1.54, 1.807) is 12.1 Å². The Morgan fingerprint density at radius 3 is 2.62 bits per heavy atom. The van der Waals surface area contributed by atoms with Crippen molar-refractivity contribution in [3.05, 3.63) is 57.7 Å².